The molecule has 1 rings (SSSR count). The zero-order chi connectivity index (χ0) is 26.4. The van der Waals surface area contributed by atoms with Crippen LogP contribution in [0.25, 0.3) is 0 Å². The highest BCUT2D eigenvalue weighted by Crippen LogP contribution is 2.06. The normalized spacial score (nSPS) is 14.1. The van der Waals surface area contributed by atoms with E-state index in [9.17, 15) is 34.2 Å². The van der Waals surface area contributed by atoms with Gasteiger partial charge in [0.1, 0.15) is 24.2 Å². The third-order valence-electron chi connectivity index (χ3n) is 5.11. The molecule has 0 saturated carbocycles. The molecule has 0 bridgehead atoms. The van der Waals surface area contributed by atoms with Crippen LogP contribution in [-0.4, -0.2) is 77.1 Å². The Kier molecular flexibility index (Phi) is 13.0. The molecule has 0 radical (unpaired) electrons. The van der Waals surface area contributed by atoms with Gasteiger partial charge in [-0.2, -0.15) is 0 Å². The van der Waals surface area contributed by atoms with Crippen LogP contribution in [0.4, 0.5) is 0 Å². The largest absolute Gasteiger partial charge is 0.480 e. The van der Waals surface area contributed by atoms with Gasteiger partial charge in [-0.15, -0.1) is 0 Å². The van der Waals surface area contributed by atoms with E-state index in [-0.39, 0.29) is 12.8 Å². The minimum absolute atomic E-state index is 0.0712. The number of carbonyl (C=O) groups excluding carboxylic acids is 4. The van der Waals surface area contributed by atoms with E-state index in [1.165, 1.54) is 13.8 Å². The molecule has 12 heteroatoms. The fraction of sp³-hybridized carbons (Fsp3) is 0.522. The Balaban J connectivity index is 2.94. The molecule has 194 valence electrons. The van der Waals surface area contributed by atoms with E-state index >= 15 is 0 Å². The molecular formula is C23H35N5O7. The molecule has 0 aliphatic carbocycles. The summed E-state index contributed by atoms with van der Waals surface area (Å²) in [6.45, 7) is 2.30. The van der Waals surface area contributed by atoms with Gasteiger partial charge in [-0.25, -0.2) is 4.79 Å². The van der Waals surface area contributed by atoms with Crippen LogP contribution in [0.2, 0.25) is 0 Å². The van der Waals surface area contributed by atoms with E-state index in [2.05, 4.69) is 21.3 Å². The Hall–Kier alpha value is -3.51. The number of benzene rings is 1. The molecule has 0 aliphatic rings. The van der Waals surface area contributed by atoms with Crippen LogP contribution in [0.5, 0.6) is 0 Å². The SMILES string of the molecule is CC(=O)N[C@@H](C)C(=O)N[C@@H](Cc1ccccc1)C(=O)N[C@@H](CO)C(=O)N[C@@H](CCCCN)C(=O)O. The van der Waals surface area contributed by atoms with Gasteiger partial charge in [0.2, 0.25) is 23.6 Å². The summed E-state index contributed by atoms with van der Waals surface area (Å²) in [7, 11) is 0. The monoisotopic (exact) mass is 493 g/mol. The summed E-state index contributed by atoms with van der Waals surface area (Å²) in [5.41, 5.74) is 6.13. The van der Waals surface area contributed by atoms with Crippen molar-refractivity contribution in [3.05, 3.63) is 35.9 Å². The minimum atomic E-state index is -1.44. The molecular weight excluding hydrogens is 458 g/mol. The zero-order valence-electron chi connectivity index (χ0n) is 20.0. The number of nitrogens with two attached hydrogens (primary N) is 1. The average molecular weight is 494 g/mol. The van der Waals surface area contributed by atoms with Crippen LogP contribution in [-0.2, 0) is 30.4 Å². The van der Waals surface area contributed by atoms with Gasteiger partial charge in [-0.1, -0.05) is 30.3 Å². The van der Waals surface area contributed by atoms with Gasteiger partial charge in [0.05, 0.1) is 6.61 Å². The number of carboxylic acids is 1. The van der Waals surface area contributed by atoms with Crippen LogP contribution >= 0.6 is 0 Å². The van der Waals surface area contributed by atoms with E-state index in [1.807, 2.05) is 0 Å². The van der Waals surface area contributed by atoms with Gasteiger partial charge >= 0.3 is 5.97 Å². The van der Waals surface area contributed by atoms with Gasteiger partial charge in [0, 0.05) is 13.3 Å². The maximum atomic E-state index is 13.0. The summed E-state index contributed by atoms with van der Waals surface area (Å²) in [5, 5.41) is 28.7. The molecule has 4 amide bonds. The summed E-state index contributed by atoms with van der Waals surface area (Å²) in [6.07, 6.45) is 1.26. The highest BCUT2D eigenvalue weighted by Gasteiger charge is 2.30. The van der Waals surface area contributed by atoms with Gasteiger partial charge in [0.15, 0.2) is 0 Å². The second-order valence-corrected chi connectivity index (χ2v) is 8.10. The van der Waals surface area contributed by atoms with Crippen LogP contribution < -0.4 is 27.0 Å². The first kappa shape index (κ1) is 29.5. The fourth-order valence-corrected chi connectivity index (χ4v) is 3.22. The van der Waals surface area contributed by atoms with Crippen molar-refractivity contribution in [3.8, 4) is 0 Å². The first-order chi connectivity index (χ1) is 16.6. The molecule has 0 unspecified atom stereocenters. The van der Waals surface area contributed by atoms with Gasteiger partial charge in [-0.05, 0) is 38.3 Å². The van der Waals surface area contributed by atoms with Gasteiger partial charge < -0.3 is 37.2 Å². The molecule has 1 aromatic rings. The molecule has 0 aromatic heterocycles. The molecule has 0 spiro atoms. The smallest absolute Gasteiger partial charge is 0.326 e. The number of rotatable bonds is 15. The number of nitrogens with one attached hydrogen (secondary N) is 4. The second-order valence-electron chi connectivity index (χ2n) is 8.10. The number of carboxylic acid groups (broad SMARTS) is 1. The van der Waals surface area contributed by atoms with Crippen molar-refractivity contribution in [2.75, 3.05) is 13.2 Å². The average Bonchev–Trinajstić information content (AvgIpc) is 2.81. The number of amides is 4. The Bertz CT molecular complexity index is 865. The maximum Gasteiger partial charge on any atom is 0.326 e. The van der Waals surface area contributed by atoms with Crippen LogP contribution in [0.15, 0.2) is 30.3 Å². The van der Waals surface area contributed by atoms with Crippen molar-refractivity contribution < 1.29 is 34.2 Å². The van der Waals surface area contributed by atoms with Crippen molar-refractivity contribution >= 4 is 29.6 Å². The first-order valence-corrected chi connectivity index (χ1v) is 11.3. The fourth-order valence-electron chi connectivity index (χ4n) is 3.22. The van der Waals surface area contributed by atoms with E-state index in [0.29, 0.717) is 19.4 Å². The molecule has 0 fully saturated rings. The highest BCUT2D eigenvalue weighted by atomic mass is 16.4. The lowest BCUT2D eigenvalue weighted by Crippen LogP contribution is -2.58. The minimum Gasteiger partial charge on any atom is -0.480 e. The van der Waals surface area contributed by atoms with Crippen molar-refractivity contribution in [2.24, 2.45) is 5.73 Å². The van der Waals surface area contributed by atoms with Gasteiger partial charge in [-0.3, -0.25) is 19.2 Å². The summed E-state index contributed by atoms with van der Waals surface area (Å²) in [4.78, 5) is 60.8. The summed E-state index contributed by atoms with van der Waals surface area (Å²) >= 11 is 0. The lowest BCUT2D eigenvalue weighted by Gasteiger charge is -2.24. The van der Waals surface area contributed by atoms with Crippen molar-refractivity contribution in [1.29, 1.82) is 0 Å². The molecule has 0 saturated heterocycles. The Morgan fingerprint density at radius 1 is 0.857 bits per heavy atom. The van der Waals surface area contributed by atoms with Crippen LogP contribution in [0.3, 0.4) is 0 Å². The molecule has 12 nitrogen and oxygen atoms in total. The molecule has 4 atom stereocenters. The lowest BCUT2D eigenvalue weighted by atomic mass is 10.0. The Labute approximate surface area is 204 Å². The second kappa shape index (κ2) is 15.4. The predicted octanol–water partition coefficient (Wildman–Crippen LogP) is -1.59. The highest BCUT2D eigenvalue weighted by molar-refractivity contribution is 5.95. The van der Waals surface area contributed by atoms with E-state index in [0.717, 1.165) is 5.56 Å². The van der Waals surface area contributed by atoms with E-state index < -0.39 is 60.4 Å². The van der Waals surface area contributed by atoms with Crippen LogP contribution in [0.1, 0.15) is 38.7 Å². The lowest BCUT2D eigenvalue weighted by molar-refractivity contribution is -0.142. The molecule has 0 aliphatic heterocycles. The van der Waals surface area contributed by atoms with E-state index in [1.54, 1.807) is 30.3 Å². The summed E-state index contributed by atoms with van der Waals surface area (Å²) < 4.78 is 0. The van der Waals surface area contributed by atoms with Crippen molar-refractivity contribution in [2.45, 2.75) is 63.7 Å². The number of hydrogen-bond donors (Lipinski definition) is 7. The van der Waals surface area contributed by atoms with Gasteiger partial charge in [0.25, 0.3) is 0 Å². The first-order valence-electron chi connectivity index (χ1n) is 11.3. The third kappa shape index (κ3) is 11.0. The number of aliphatic hydroxyl groups is 1. The molecule has 0 heterocycles. The topological polar surface area (TPSA) is 200 Å². The van der Waals surface area contributed by atoms with Crippen molar-refractivity contribution in [3.63, 3.8) is 0 Å². The molecule has 8 N–H and O–H groups in total. The van der Waals surface area contributed by atoms with Crippen LogP contribution in [0, 0.1) is 0 Å². The molecule has 35 heavy (non-hydrogen) atoms. The number of aliphatic hydroxyl groups excluding tert-OH is 1. The third-order valence-corrected chi connectivity index (χ3v) is 5.11. The Morgan fingerprint density at radius 2 is 1.43 bits per heavy atom. The number of carbonyl (C=O) groups is 5. The number of aliphatic carboxylic acids is 1. The van der Waals surface area contributed by atoms with Crippen molar-refractivity contribution in [1.82, 2.24) is 21.3 Å². The number of hydrogen-bond acceptors (Lipinski definition) is 7. The maximum absolute atomic E-state index is 13.0. The summed E-state index contributed by atoms with van der Waals surface area (Å²) in [5.74, 6) is -3.93. The Morgan fingerprint density at radius 3 is 1.97 bits per heavy atom. The molecule has 1 aromatic carbocycles. The number of unbranched alkanes of at least 4 members (excludes halogenated alkanes) is 1. The standard InChI is InChI=1S/C23H35N5O7/c1-14(25-15(2)30)20(31)27-18(12-16-8-4-3-5-9-16)21(32)28-19(13-29)22(33)26-17(23(34)35)10-6-7-11-24/h3-5,8-9,14,17-19,29H,6-7,10-13,24H2,1-2H3,(H,25,30)(H,26,33)(H,27,31)(H,28,32)(H,34,35)/t14-,17-,18-,19-/m0/s1. The predicted molar refractivity (Wildman–Crippen MR) is 127 cm³/mol. The summed E-state index contributed by atoms with van der Waals surface area (Å²) in [6, 6.07) is 4.09. The van der Waals surface area contributed by atoms with E-state index in [4.69, 9.17) is 5.73 Å². The zero-order valence-corrected chi connectivity index (χ0v) is 20.0. The quantitative estimate of drug-likeness (QED) is 0.142.